The average molecular weight is 327 g/mol. The largest absolute Gasteiger partial charge is 0.366 e. The van der Waals surface area contributed by atoms with Gasteiger partial charge < -0.3 is 15.4 Å². The number of benzene rings is 1. The number of rotatable bonds is 7. The lowest BCUT2D eigenvalue weighted by molar-refractivity contribution is -0.134. The van der Waals surface area contributed by atoms with Crippen molar-refractivity contribution in [1.82, 2.24) is 15.4 Å². The normalized spacial score (nSPS) is 18.8. The van der Waals surface area contributed by atoms with Crippen LogP contribution in [0, 0.1) is 0 Å². The van der Waals surface area contributed by atoms with Crippen LogP contribution in [0.5, 0.6) is 0 Å². The Kier molecular flexibility index (Phi) is 6.32. The van der Waals surface area contributed by atoms with E-state index in [1.807, 2.05) is 30.3 Å². The fourth-order valence-corrected chi connectivity index (χ4v) is 2.92. The van der Waals surface area contributed by atoms with Crippen LogP contribution in [0.2, 0.25) is 0 Å². The molecule has 0 aliphatic carbocycles. The van der Waals surface area contributed by atoms with E-state index < -0.39 is 16.1 Å². The van der Waals surface area contributed by atoms with Gasteiger partial charge in [0, 0.05) is 26.2 Å². The summed E-state index contributed by atoms with van der Waals surface area (Å²) in [6.45, 7) is 1.96. The van der Waals surface area contributed by atoms with Crippen molar-refractivity contribution < 1.29 is 17.9 Å². The number of carbonyl (C=O) groups is 1. The Hall–Kier alpha value is -1.48. The molecule has 2 rings (SSSR count). The van der Waals surface area contributed by atoms with Crippen molar-refractivity contribution in [2.24, 2.45) is 0 Å². The Bertz CT molecular complexity index is 571. The van der Waals surface area contributed by atoms with E-state index in [0.29, 0.717) is 13.2 Å². The molecule has 1 aliphatic rings. The lowest BCUT2D eigenvalue weighted by atomic mass is 10.2. The third-order valence-electron chi connectivity index (χ3n) is 3.23. The number of ether oxygens (including phenoxy) is 1. The van der Waals surface area contributed by atoms with E-state index in [2.05, 4.69) is 15.4 Å². The molecule has 1 heterocycles. The summed E-state index contributed by atoms with van der Waals surface area (Å²) in [4.78, 5) is 11.8. The van der Waals surface area contributed by atoms with Crippen molar-refractivity contribution in [3.05, 3.63) is 35.9 Å². The second-order valence-corrected chi connectivity index (χ2v) is 6.91. The van der Waals surface area contributed by atoms with Crippen molar-refractivity contribution in [1.29, 1.82) is 0 Å². The molecule has 1 amide bonds. The van der Waals surface area contributed by atoms with Gasteiger partial charge in [0.1, 0.15) is 6.10 Å². The van der Waals surface area contributed by atoms with E-state index >= 15 is 0 Å². The molecule has 0 bridgehead atoms. The quantitative estimate of drug-likeness (QED) is 0.610. The number of hydrogen-bond donors (Lipinski definition) is 3. The Morgan fingerprint density at radius 3 is 2.77 bits per heavy atom. The van der Waals surface area contributed by atoms with Crippen LogP contribution in [0.15, 0.2) is 30.3 Å². The highest BCUT2D eigenvalue weighted by Gasteiger charge is 2.21. The second kappa shape index (κ2) is 8.23. The minimum absolute atomic E-state index is 0.0583. The summed E-state index contributed by atoms with van der Waals surface area (Å²) >= 11 is 0. The topological polar surface area (TPSA) is 96.5 Å². The number of nitrogens with one attached hydrogen (secondary N) is 3. The van der Waals surface area contributed by atoms with Crippen LogP contribution >= 0.6 is 0 Å². The Morgan fingerprint density at radius 1 is 1.32 bits per heavy atom. The Labute approximate surface area is 130 Å². The van der Waals surface area contributed by atoms with Gasteiger partial charge in [-0.05, 0) is 5.56 Å². The third kappa shape index (κ3) is 5.72. The molecule has 0 aromatic heterocycles. The van der Waals surface area contributed by atoms with Gasteiger partial charge in [-0.2, -0.15) is 0 Å². The molecule has 3 N–H and O–H groups in total. The molecule has 0 spiro atoms. The van der Waals surface area contributed by atoms with E-state index in [1.165, 1.54) is 0 Å². The van der Waals surface area contributed by atoms with Crippen LogP contribution in [0.4, 0.5) is 0 Å². The summed E-state index contributed by atoms with van der Waals surface area (Å²) in [5, 5.41) is 5.63. The van der Waals surface area contributed by atoms with E-state index in [4.69, 9.17) is 4.74 Å². The lowest BCUT2D eigenvalue weighted by Gasteiger charge is -2.22. The zero-order valence-corrected chi connectivity index (χ0v) is 13.1. The van der Waals surface area contributed by atoms with Crippen molar-refractivity contribution in [3.8, 4) is 0 Å². The minimum atomic E-state index is -3.43. The van der Waals surface area contributed by atoms with E-state index in [-0.39, 0.29) is 24.7 Å². The maximum Gasteiger partial charge on any atom is 0.250 e. The fraction of sp³-hybridized carbons (Fsp3) is 0.500. The van der Waals surface area contributed by atoms with Crippen LogP contribution in [0.3, 0.4) is 0 Å². The first-order chi connectivity index (χ1) is 10.6. The van der Waals surface area contributed by atoms with Gasteiger partial charge in [0.2, 0.25) is 15.9 Å². The van der Waals surface area contributed by atoms with E-state index in [0.717, 1.165) is 12.1 Å². The van der Waals surface area contributed by atoms with Gasteiger partial charge in [-0.15, -0.1) is 0 Å². The first kappa shape index (κ1) is 16.9. The van der Waals surface area contributed by atoms with Gasteiger partial charge in [-0.3, -0.25) is 4.79 Å². The molecule has 8 heteroatoms. The van der Waals surface area contributed by atoms with Crippen molar-refractivity contribution in [2.45, 2.75) is 12.6 Å². The number of morpholine rings is 1. The average Bonchev–Trinajstić information content (AvgIpc) is 2.55. The standard InChI is InChI=1S/C14H21N3O4S/c18-14(13-11-15-6-8-21-13)16-7-9-22(19,20)17-10-12-4-2-1-3-5-12/h1-5,13,15,17H,6-11H2,(H,16,18). The smallest absolute Gasteiger partial charge is 0.250 e. The van der Waals surface area contributed by atoms with E-state index in [9.17, 15) is 13.2 Å². The minimum Gasteiger partial charge on any atom is -0.366 e. The predicted octanol–water partition coefficient (Wildman–Crippen LogP) is -0.789. The molecule has 1 aromatic rings. The van der Waals surface area contributed by atoms with Gasteiger partial charge >= 0.3 is 0 Å². The van der Waals surface area contributed by atoms with Crippen LogP contribution < -0.4 is 15.4 Å². The van der Waals surface area contributed by atoms with Crippen molar-refractivity contribution in [2.75, 3.05) is 32.0 Å². The first-order valence-electron chi connectivity index (χ1n) is 7.18. The highest BCUT2D eigenvalue weighted by Crippen LogP contribution is 1.99. The molecule has 1 unspecified atom stereocenters. The molecule has 0 radical (unpaired) electrons. The number of hydrogen-bond acceptors (Lipinski definition) is 5. The van der Waals surface area contributed by atoms with Gasteiger partial charge in [0.15, 0.2) is 0 Å². The van der Waals surface area contributed by atoms with Gasteiger partial charge in [-0.1, -0.05) is 30.3 Å². The molecule has 7 nitrogen and oxygen atoms in total. The van der Waals surface area contributed by atoms with Crippen molar-refractivity contribution in [3.63, 3.8) is 0 Å². The molecule has 1 saturated heterocycles. The molecule has 0 saturated carbocycles. The summed E-state index contributed by atoms with van der Waals surface area (Å²) < 4.78 is 31.5. The molecule has 1 aromatic carbocycles. The SMILES string of the molecule is O=C(NCCS(=O)(=O)NCc1ccccc1)C1CNCCO1. The molecule has 1 atom stereocenters. The summed E-state index contributed by atoms with van der Waals surface area (Å²) in [7, 11) is -3.43. The molecule has 122 valence electrons. The summed E-state index contributed by atoms with van der Waals surface area (Å²) in [5.41, 5.74) is 0.886. The summed E-state index contributed by atoms with van der Waals surface area (Å²) in [6.07, 6.45) is -0.547. The molecular weight excluding hydrogens is 306 g/mol. The number of amides is 1. The maximum atomic E-state index is 11.9. The molecular formula is C14H21N3O4S. The third-order valence-corrected chi connectivity index (χ3v) is 4.55. The second-order valence-electron chi connectivity index (χ2n) is 4.98. The van der Waals surface area contributed by atoms with E-state index in [1.54, 1.807) is 0 Å². The fourth-order valence-electron chi connectivity index (χ4n) is 2.02. The van der Waals surface area contributed by atoms with Gasteiger partial charge in [0.25, 0.3) is 0 Å². The summed E-state index contributed by atoms with van der Waals surface area (Å²) in [6, 6.07) is 9.26. The molecule has 1 aliphatic heterocycles. The molecule has 22 heavy (non-hydrogen) atoms. The first-order valence-corrected chi connectivity index (χ1v) is 8.83. The molecule has 1 fully saturated rings. The van der Waals surface area contributed by atoms with Crippen LogP contribution in [-0.2, 0) is 26.1 Å². The summed E-state index contributed by atoms with van der Waals surface area (Å²) in [5.74, 6) is -0.448. The van der Waals surface area contributed by atoms with Crippen LogP contribution in [-0.4, -0.2) is 52.4 Å². The number of carbonyl (C=O) groups excluding carboxylic acids is 1. The zero-order chi connectivity index (χ0) is 15.8. The van der Waals surface area contributed by atoms with Crippen LogP contribution in [0.25, 0.3) is 0 Å². The lowest BCUT2D eigenvalue weighted by Crippen LogP contribution is -2.48. The Balaban J connectivity index is 1.69. The van der Waals surface area contributed by atoms with Gasteiger partial charge in [-0.25, -0.2) is 13.1 Å². The maximum absolute atomic E-state index is 11.9. The predicted molar refractivity (Wildman–Crippen MR) is 82.7 cm³/mol. The van der Waals surface area contributed by atoms with Gasteiger partial charge in [0.05, 0.1) is 12.4 Å². The highest BCUT2D eigenvalue weighted by molar-refractivity contribution is 7.89. The van der Waals surface area contributed by atoms with Crippen LogP contribution in [0.1, 0.15) is 5.56 Å². The zero-order valence-electron chi connectivity index (χ0n) is 12.2. The monoisotopic (exact) mass is 327 g/mol. The Morgan fingerprint density at radius 2 is 2.09 bits per heavy atom. The highest BCUT2D eigenvalue weighted by atomic mass is 32.2. The van der Waals surface area contributed by atoms with Crippen molar-refractivity contribution >= 4 is 15.9 Å². The number of sulfonamides is 1.